The van der Waals surface area contributed by atoms with Crippen molar-refractivity contribution in [2.75, 3.05) is 5.32 Å². The lowest BCUT2D eigenvalue weighted by Gasteiger charge is -2.10. The van der Waals surface area contributed by atoms with Crippen LogP contribution in [0.2, 0.25) is 0 Å². The van der Waals surface area contributed by atoms with Crippen LogP contribution in [0.3, 0.4) is 0 Å². The van der Waals surface area contributed by atoms with Gasteiger partial charge in [0, 0.05) is 29.0 Å². The van der Waals surface area contributed by atoms with Crippen LogP contribution in [-0.2, 0) is 0 Å². The summed E-state index contributed by atoms with van der Waals surface area (Å²) in [4.78, 5) is 29.5. The van der Waals surface area contributed by atoms with Crippen LogP contribution in [0.4, 0.5) is 5.69 Å². The third-order valence-electron chi connectivity index (χ3n) is 4.35. The zero-order chi connectivity index (χ0) is 19.7. The number of aryl methyl sites for hydroxylation is 2. The summed E-state index contributed by atoms with van der Waals surface area (Å²) < 4.78 is 0.543. The number of nitrogens with zero attached hydrogens (tertiary/aromatic N) is 4. The minimum Gasteiger partial charge on any atom is -0.320 e. The van der Waals surface area contributed by atoms with E-state index in [-0.39, 0.29) is 11.6 Å². The van der Waals surface area contributed by atoms with Crippen molar-refractivity contribution in [3.63, 3.8) is 0 Å². The maximum absolute atomic E-state index is 12.5. The van der Waals surface area contributed by atoms with Gasteiger partial charge in [-0.3, -0.25) is 4.79 Å². The van der Waals surface area contributed by atoms with E-state index < -0.39 is 0 Å². The molecule has 1 N–H and O–H groups in total. The van der Waals surface area contributed by atoms with E-state index in [1.807, 2.05) is 50.4 Å². The van der Waals surface area contributed by atoms with Crippen molar-refractivity contribution < 1.29 is 4.79 Å². The molecular weight excluding hydrogens is 418 g/mol. The van der Waals surface area contributed by atoms with E-state index in [0.717, 1.165) is 22.0 Å². The molecule has 4 aromatic rings. The monoisotopic (exact) mass is 433 g/mol. The van der Waals surface area contributed by atoms with Crippen LogP contribution < -0.4 is 5.32 Å². The quantitative estimate of drug-likeness (QED) is 0.505. The number of aromatic nitrogens is 4. The number of rotatable bonds is 3. The number of benzene rings is 2. The number of amides is 1. The highest BCUT2D eigenvalue weighted by molar-refractivity contribution is 9.10. The van der Waals surface area contributed by atoms with E-state index in [2.05, 4.69) is 47.2 Å². The summed E-state index contributed by atoms with van der Waals surface area (Å²) in [5, 5.41) is 3.90. The lowest BCUT2D eigenvalue weighted by molar-refractivity contribution is 0.102. The number of hydrogen-bond donors (Lipinski definition) is 1. The Morgan fingerprint density at radius 2 is 1.89 bits per heavy atom. The van der Waals surface area contributed by atoms with Gasteiger partial charge in [0.05, 0.1) is 9.99 Å². The van der Waals surface area contributed by atoms with E-state index in [1.165, 1.54) is 18.1 Å². The molecule has 0 aliphatic carbocycles. The highest BCUT2D eigenvalue weighted by Gasteiger charge is 2.14. The van der Waals surface area contributed by atoms with E-state index in [4.69, 9.17) is 0 Å². The predicted octanol–water partition coefficient (Wildman–Crippen LogP) is 4.72. The van der Waals surface area contributed by atoms with Crippen molar-refractivity contribution in [2.24, 2.45) is 0 Å². The molecule has 0 fully saturated rings. The number of nitrogens with one attached hydrogen (secondary N) is 1. The van der Waals surface area contributed by atoms with Gasteiger partial charge in [0.1, 0.15) is 12.0 Å². The zero-order valence-corrected chi connectivity index (χ0v) is 16.9. The number of fused-ring (bicyclic) bond motifs is 1. The molecule has 6 nitrogen and oxygen atoms in total. The van der Waals surface area contributed by atoms with Gasteiger partial charge < -0.3 is 5.32 Å². The number of carbonyl (C=O) groups excluding carboxylic acids is 1. The van der Waals surface area contributed by atoms with Crippen molar-refractivity contribution >= 4 is 38.4 Å². The van der Waals surface area contributed by atoms with Crippen LogP contribution in [-0.4, -0.2) is 25.8 Å². The molecule has 7 heteroatoms. The number of hydrogen-bond acceptors (Lipinski definition) is 5. The molecule has 0 atom stereocenters. The van der Waals surface area contributed by atoms with Gasteiger partial charge in [-0.1, -0.05) is 11.6 Å². The molecule has 2 heterocycles. The molecule has 28 heavy (non-hydrogen) atoms. The zero-order valence-electron chi connectivity index (χ0n) is 15.3. The minimum absolute atomic E-state index is 0.284. The Morgan fingerprint density at radius 3 is 2.68 bits per heavy atom. The molecule has 0 aliphatic rings. The van der Waals surface area contributed by atoms with Gasteiger partial charge in [0.25, 0.3) is 5.91 Å². The molecule has 0 radical (unpaired) electrons. The molecule has 2 aromatic heterocycles. The van der Waals surface area contributed by atoms with Crippen molar-refractivity contribution in [3.8, 4) is 11.4 Å². The van der Waals surface area contributed by atoms with E-state index in [9.17, 15) is 4.79 Å². The van der Waals surface area contributed by atoms with Gasteiger partial charge in [-0.2, -0.15) is 0 Å². The first-order chi connectivity index (χ1) is 13.5. The largest absolute Gasteiger partial charge is 0.320 e. The second-order valence-electron chi connectivity index (χ2n) is 6.46. The molecule has 0 unspecified atom stereocenters. The predicted molar refractivity (Wildman–Crippen MR) is 112 cm³/mol. The number of halogens is 1. The van der Waals surface area contributed by atoms with Crippen molar-refractivity contribution in [1.82, 2.24) is 19.9 Å². The molecule has 2 aromatic carbocycles. The topological polar surface area (TPSA) is 80.7 Å². The van der Waals surface area contributed by atoms with Crippen molar-refractivity contribution in [1.29, 1.82) is 0 Å². The van der Waals surface area contributed by atoms with Gasteiger partial charge in [-0.05, 0) is 65.7 Å². The highest BCUT2D eigenvalue weighted by Crippen LogP contribution is 2.25. The molecule has 4 rings (SSSR count). The Kier molecular flexibility index (Phi) is 4.83. The third kappa shape index (κ3) is 3.61. The van der Waals surface area contributed by atoms with E-state index >= 15 is 0 Å². The Morgan fingerprint density at radius 1 is 1.04 bits per heavy atom. The van der Waals surface area contributed by atoms with E-state index in [0.29, 0.717) is 16.0 Å². The summed E-state index contributed by atoms with van der Waals surface area (Å²) in [5.41, 5.74) is 4.86. The maximum Gasteiger partial charge on any atom is 0.275 e. The van der Waals surface area contributed by atoms with Crippen molar-refractivity contribution in [3.05, 3.63) is 76.4 Å². The fourth-order valence-electron chi connectivity index (χ4n) is 2.90. The SMILES string of the molecule is Cc1ccc2nc(-c3ccc(NC(=O)c4ncncc4Br)c(C)c3)ncc2c1. The molecule has 138 valence electrons. The first-order valence-corrected chi connectivity index (χ1v) is 9.42. The van der Waals surface area contributed by atoms with Gasteiger partial charge in [0.2, 0.25) is 0 Å². The summed E-state index contributed by atoms with van der Waals surface area (Å²) in [6.45, 7) is 3.97. The molecule has 0 aliphatic heterocycles. The smallest absolute Gasteiger partial charge is 0.275 e. The highest BCUT2D eigenvalue weighted by atomic mass is 79.9. The molecule has 1 amide bonds. The Bertz CT molecular complexity index is 1210. The fraction of sp³-hybridized carbons (Fsp3) is 0.0952. The standard InChI is InChI=1S/C21H16BrN5O/c1-12-3-5-18-15(7-12)9-24-20(26-18)14-4-6-17(13(2)8-14)27-21(28)19-16(22)10-23-11-25-19/h3-11H,1-2H3,(H,27,28). The first-order valence-electron chi connectivity index (χ1n) is 8.62. The average Bonchev–Trinajstić information content (AvgIpc) is 2.69. The number of carbonyl (C=O) groups is 1. The third-order valence-corrected chi connectivity index (χ3v) is 4.93. The van der Waals surface area contributed by atoms with Gasteiger partial charge in [0.15, 0.2) is 5.82 Å². The summed E-state index contributed by atoms with van der Waals surface area (Å²) in [7, 11) is 0. The number of anilines is 1. The first kappa shape index (κ1) is 18.2. The van der Waals surface area contributed by atoms with Crippen LogP contribution in [0.25, 0.3) is 22.3 Å². The van der Waals surface area contributed by atoms with Crippen LogP contribution in [0, 0.1) is 13.8 Å². The van der Waals surface area contributed by atoms with Crippen LogP contribution in [0.5, 0.6) is 0 Å². The molecular formula is C21H16BrN5O. The Labute approximate surface area is 170 Å². The summed E-state index contributed by atoms with van der Waals surface area (Å²) >= 11 is 3.29. The lowest BCUT2D eigenvalue weighted by Crippen LogP contribution is -2.15. The minimum atomic E-state index is -0.303. The Balaban J connectivity index is 1.62. The second kappa shape index (κ2) is 7.44. The maximum atomic E-state index is 12.5. The van der Waals surface area contributed by atoms with Gasteiger partial charge >= 0.3 is 0 Å². The second-order valence-corrected chi connectivity index (χ2v) is 7.31. The summed E-state index contributed by atoms with van der Waals surface area (Å²) in [6, 6.07) is 11.8. The average molecular weight is 434 g/mol. The fourth-order valence-corrected chi connectivity index (χ4v) is 3.30. The van der Waals surface area contributed by atoms with Gasteiger partial charge in [-0.15, -0.1) is 0 Å². The summed E-state index contributed by atoms with van der Waals surface area (Å²) in [6.07, 6.45) is 4.72. The van der Waals surface area contributed by atoms with Gasteiger partial charge in [-0.25, -0.2) is 19.9 Å². The normalized spacial score (nSPS) is 10.8. The van der Waals surface area contributed by atoms with Crippen molar-refractivity contribution in [2.45, 2.75) is 13.8 Å². The van der Waals surface area contributed by atoms with Crippen LogP contribution in [0.15, 0.2) is 59.6 Å². The summed E-state index contributed by atoms with van der Waals surface area (Å²) in [5.74, 6) is 0.346. The Hall–Kier alpha value is -3.19. The molecule has 0 saturated heterocycles. The molecule has 0 spiro atoms. The molecule has 0 saturated carbocycles. The van der Waals surface area contributed by atoms with Crippen LogP contribution in [0.1, 0.15) is 21.6 Å². The van der Waals surface area contributed by atoms with Crippen LogP contribution >= 0.6 is 15.9 Å². The molecule has 0 bridgehead atoms. The lowest BCUT2D eigenvalue weighted by atomic mass is 10.1. The van der Waals surface area contributed by atoms with E-state index in [1.54, 1.807) is 0 Å².